The molecule has 0 aromatic carbocycles. The predicted molar refractivity (Wildman–Crippen MR) is 82.4 cm³/mol. The van der Waals surface area contributed by atoms with Crippen LogP contribution in [-0.2, 0) is 16.6 Å². The van der Waals surface area contributed by atoms with E-state index in [4.69, 9.17) is 0 Å². The number of thiazole rings is 1. The van der Waals surface area contributed by atoms with Crippen molar-refractivity contribution in [2.75, 3.05) is 12.4 Å². The molecule has 0 radical (unpaired) electrons. The number of aromatic nitrogens is 2. The van der Waals surface area contributed by atoms with E-state index in [9.17, 15) is 8.42 Å². The van der Waals surface area contributed by atoms with Gasteiger partial charge < -0.3 is 5.32 Å². The van der Waals surface area contributed by atoms with Crippen LogP contribution in [0.2, 0.25) is 0 Å². The number of nitrogens with zero attached hydrogens (tertiary/aromatic N) is 2. The Balaban J connectivity index is 2.26. The van der Waals surface area contributed by atoms with Crippen LogP contribution in [0.4, 0.5) is 5.82 Å². The van der Waals surface area contributed by atoms with Gasteiger partial charge in [0.05, 0.1) is 11.2 Å². The molecule has 0 aliphatic rings. The molecule has 0 fully saturated rings. The number of sulfonamides is 1. The first-order chi connectivity index (χ1) is 9.44. The van der Waals surface area contributed by atoms with E-state index in [1.54, 1.807) is 12.6 Å². The lowest BCUT2D eigenvalue weighted by Gasteiger charge is -2.10. The molecule has 0 bridgehead atoms. The minimum atomic E-state index is -3.64. The van der Waals surface area contributed by atoms with E-state index in [1.807, 2.05) is 6.92 Å². The molecule has 0 aliphatic carbocycles. The van der Waals surface area contributed by atoms with Gasteiger partial charge in [-0.25, -0.2) is 23.1 Å². The average Bonchev–Trinajstić information content (AvgIpc) is 2.82. The van der Waals surface area contributed by atoms with Gasteiger partial charge in [-0.3, -0.25) is 0 Å². The Kier molecular flexibility index (Phi) is 4.74. The number of anilines is 1. The van der Waals surface area contributed by atoms with Crippen molar-refractivity contribution in [2.24, 2.45) is 0 Å². The SMILES string of the molecule is CNc1ncc(Br)cc1S(=O)(=O)NCc1scnc1C. The summed E-state index contributed by atoms with van der Waals surface area (Å²) in [5.74, 6) is 0.307. The molecule has 2 aromatic rings. The maximum Gasteiger partial charge on any atom is 0.244 e. The summed E-state index contributed by atoms with van der Waals surface area (Å²) < 4.78 is 27.9. The molecule has 2 rings (SSSR count). The van der Waals surface area contributed by atoms with Crippen molar-refractivity contribution in [1.82, 2.24) is 14.7 Å². The maximum atomic E-state index is 12.3. The Bertz CT molecular complexity index is 715. The summed E-state index contributed by atoms with van der Waals surface area (Å²) >= 11 is 4.65. The number of hydrogen-bond acceptors (Lipinski definition) is 6. The number of hydrogen-bond donors (Lipinski definition) is 2. The summed E-state index contributed by atoms with van der Waals surface area (Å²) in [5.41, 5.74) is 2.53. The third-order valence-corrected chi connectivity index (χ3v) is 5.40. The van der Waals surface area contributed by atoms with Crippen LogP contribution < -0.4 is 10.0 Å². The molecular weight excluding hydrogens is 364 g/mol. The van der Waals surface area contributed by atoms with Gasteiger partial charge in [0.25, 0.3) is 0 Å². The number of nitrogens with one attached hydrogen (secondary N) is 2. The van der Waals surface area contributed by atoms with E-state index in [0.717, 1.165) is 10.6 Å². The zero-order valence-corrected chi connectivity index (χ0v) is 14.1. The van der Waals surface area contributed by atoms with Crippen molar-refractivity contribution in [2.45, 2.75) is 18.4 Å². The normalized spacial score (nSPS) is 11.6. The molecule has 2 heterocycles. The molecule has 0 spiro atoms. The Morgan fingerprint density at radius 3 is 2.75 bits per heavy atom. The molecule has 6 nitrogen and oxygen atoms in total. The van der Waals surface area contributed by atoms with E-state index in [1.165, 1.54) is 23.6 Å². The molecule has 2 N–H and O–H groups in total. The van der Waals surface area contributed by atoms with Gasteiger partial charge in [0.2, 0.25) is 10.0 Å². The molecule has 0 amide bonds. The molecule has 0 unspecified atom stereocenters. The monoisotopic (exact) mass is 376 g/mol. The van der Waals surface area contributed by atoms with Gasteiger partial charge in [-0.1, -0.05) is 0 Å². The lowest BCUT2D eigenvalue weighted by molar-refractivity contribution is 0.581. The fourth-order valence-electron chi connectivity index (χ4n) is 1.55. The van der Waals surface area contributed by atoms with Crippen LogP contribution in [0.5, 0.6) is 0 Å². The molecule has 2 aromatic heterocycles. The van der Waals surface area contributed by atoms with Crippen molar-refractivity contribution in [1.29, 1.82) is 0 Å². The maximum absolute atomic E-state index is 12.3. The van der Waals surface area contributed by atoms with E-state index in [0.29, 0.717) is 10.3 Å². The molecule has 9 heteroatoms. The van der Waals surface area contributed by atoms with Gasteiger partial charge in [0.15, 0.2) is 0 Å². The van der Waals surface area contributed by atoms with E-state index >= 15 is 0 Å². The third kappa shape index (κ3) is 3.35. The quantitative estimate of drug-likeness (QED) is 0.834. The van der Waals surface area contributed by atoms with E-state index in [2.05, 4.69) is 35.9 Å². The number of pyridine rings is 1. The zero-order valence-electron chi connectivity index (χ0n) is 10.8. The molecule has 0 saturated carbocycles. The van der Waals surface area contributed by atoms with Crippen LogP contribution in [0.3, 0.4) is 0 Å². The van der Waals surface area contributed by atoms with Crippen molar-refractivity contribution < 1.29 is 8.42 Å². The Labute approximate surface area is 129 Å². The zero-order chi connectivity index (χ0) is 14.8. The van der Waals surface area contributed by atoms with Crippen molar-refractivity contribution in [3.8, 4) is 0 Å². The van der Waals surface area contributed by atoms with Gasteiger partial charge in [0.1, 0.15) is 10.7 Å². The first-order valence-corrected chi connectivity index (χ1v) is 8.81. The van der Waals surface area contributed by atoms with Crippen LogP contribution in [0.15, 0.2) is 27.1 Å². The van der Waals surface area contributed by atoms with Crippen molar-refractivity contribution >= 4 is 43.1 Å². The number of aryl methyl sites for hydroxylation is 1. The lowest BCUT2D eigenvalue weighted by Crippen LogP contribution is -2.24. The smallest absolute Gasteiger partial charge is 0.244 e. The van der Waals surface area contributed by atoms with Crippen molar-refractivity contribution in [3.63, 3.8) is 0 Å². The van der Waals surface area contributed by atoms with Gasteiger partial charge in [-0.15, -0.1) is 11.3 Å². The minimum Gasteiger partial charge on any atom is -0.372 e. The summed E-state index contributed by atoms with van der Waals surface area (Å²) in [6.45, 7) is 2.06. The molecule has 20 heavy (non-hydrogen) atoms. The second kappa shape index (κ2) is 6.17. The van der Waals surface area contributed by atoms with Gasteiger partial charge in [-0.05, 0) is 28.9 Å². The summed E-state index contributed by atoms with van der Waals surface area (Å²) in [5, 5.41) is 2.77. The minimum absolute atomic E-state index is 0.108. The van der Waals surface area contributed by atoms with Crippen molar-refractivity contribution in [3.05, 3.63) is 32.8 Å². The fraction of sp³-hybridized carbons (Fsp3) is 0.273. The highest BCUT2D eigenvalue weighted by Crippen LogP contribution is 2.23. The van der Waals surface area contributed by atoms with Crippen LogP contribution in [0.25, 0.3) is 0 Å². The van der Waals surface area contributed by atoms with Gasteiger partial charge in [-0.2, -0.15) is 0 Å². The first kappa shape index (κ1) is 15.4. The van der Waals surface area contributed by atoms with Crippen LogP contribution in [0.1, 0.15) is 10.6 Å². The van der Waals surface area contributed by atoms with Gasteiger partial charge >= 0.3 is 0 Å². The highest BCUT2D eigenvalue weighted by Gasteiger charge is 2.20. The molecule has 108 valence electrons. The Hall–Kier alpha value is -1.03. The summed E-state index contributed by atoms with van der Waals surface area (Å²) in [4.78, 5) is 9.13. The Morgan fingerprint density at radius 1 is 1.40 bits per heavy atom. The number of halogens is 1. The molecule has 0 saturated heterocycles. The largest absolute Gasteiger partial charge is 0.372 e. The Morgan fingerprint density at radius 2 is 2.15 bits per heavy atom. The summed E-state index contributed by atoms with van der Waals surface area (Å²) in [7, 11) is -2.02. The van der Waals surface area contributed by atoms with Crippen LogP contribution in [-0.4, -0.2) is 25.4 Å². The lowest BCUT2D eigenvalue weighted by atomic mass is 10.4. The number of rotatable bonds is 5. The summed E-state index contributed by atoms with van der Waals surface area (Å²) in [6.07, 6.45) is 1.54. The highest BCUT2D eigenvalue weighted by atomic mass is 79.9. The molecular formula is C11H13BrN4O2S2. The average molecular weight is 377 g/mol. The summed E-state index contributed by atoms with van der Waals surface area (Å²) in [6, 6.07) is 1.51. The van der Waals surface area contributed by atoms with E-state index in [-0.39, 0.29) is 11.4 Å². The standard InChI is InChI=1S/C11H13BrN4O2S2/c1-7-9(19-6-15-7)5-16-20(17,18)10-3-8(12)4-14-11(10)13-2/h3-4,6,16H,5H2,1-2H3,(H,13,14). The van der Waals surface area contributed by atoms with Gasteiger partial charge in [0, 0.05) is 29.1 Å². The second-order valence-electron chi connectivity index (χ2n) is 3.94. The third-order valence-electron chi connectivity index (χ3n) is 2.61. The highest BCUT2D eigenvalue weighted by molar-refractivity contribution is 9.10. The fourth-order valence-corrected chi connectivity index (χ4v) is 4.02. The predicted octanol–water partition coefficient (Wildman–Crippen LogP) is 2.13. The van der Waals surface area contributed by atoms with Crippen LogP contribution in [0, 0.1) is 6.92 Å². The van der Waals surface area contributed by atoms with Crippen LogP contribution >= 0.6 is 27.3 Å². The topological polar surface area (TPSA) is 84.0 Å². The van der Waals surface area contributed by atoms with E-state index < -0.39 is 10.0 Å². The second-order valence-corrected chi connectivity index (χ2v) is 7.53. The molecule has 0 aliphatic heterocycles. The molecule has 0 atom stereocenters. The first-order valence-electron chi connectivity index (χ1n) is 5.66.